The number of rotatable bonds is 5. The van der Waals surface area contributed by atoms with E-state index in [0.29, 0.717) is 24.3 Å². The van der Waals surface area contributed by atoms with E-state index < -0.39 is 5.41 Å². The van der Waals surface area contributed by atoms with Gasteiger partial charge in [-0.15, -0.1) is 0 Å². The molecule has 0 radical (unpaired) electrons. The minimum atomic E-state index is -0.924. The molecule has 0 aromatic heterocycles. The number of ether oxygens (including phenoxy) is 1. The van der Waals surface area contributed by atoms with Gasteiger partial charge in [0.2, 0.25) is 5.91 Å². The fourth-order valence-corrected chi connectivity index (χ4v) is 3.26. The van der Waals surface area contributed by atoms with Crippen molar-refractivity contribution < 1.29 is 13.9 Å². The molecule has 26 heavy (non-hydrogen) atoms. The summed E-state index contributed by atoms with van der Waals surface area (Å²) in [6.45, 7) is 0.260. The molecule has 1 N–H and O–H groups in total. The molecule has 1 saturated carbocycles. The van der Waals surface area contributed by atoms with Gasteiger partial charge < -0.3 is 10.1 Å². The van der Waals surface area contributed by atoms with E-state index in [1.807, 2.05) is 18.2 Å². The van der Waals surface area contributed by atoms with Crippen molar-refractivity contribution in [3.05, 3.63) is 59.9 Å². The Kier molecular flexibility index (Phi) is 5.52. The molecule has 0 unspecified atom stereocenters. The molecule has 3 rings (SSSR count). The SMILES string of the molecule is N#CC1(C(=O)Nc2cccc(COc3cccc(F)c3)c2)CCCCC1. The van der Waals surface area contributed by atoms with Crippen LogP contribution in [0.15, 0.2) is 48.5 Å². The van der Waals surface area contributed by atoms with E-state index in [0.717, 1.165) is 24.8 Å². The lowest BCUT2D eigenvalue weighted by molar-refractivity contribution is -0.124. The highest BCUT2D eigenvalue weighted by Gasteiger charge is 2.39. The largest absolute Gasteiger partial charge is 0.489 e. The Labute approximate surface area is 152 Å². The average Bonchev–Trinajstić information content (AvgIpc) is 2.67. The van der Waals surface area contributed by atoms with E-state index in [1.54, 1.807) is 18.2 Å². The van der Waals surface area contributed by atoms with Gasteiger partial charge in [0.1, 0.15) is 23.6 Å². The number of hydrogen-bond donors (Lipinski definition) is 1. The summed E-state index contributed by atoms with van der Waals surface area (Å²) < 4.78 is 18.8. The zero-order valence-electron chi connectivity index (χ0n) is 14.5. The Hall–Kier alpha value is -2.87. The maximum absolute atomic E-state index is 13.2. The van der Waals surface area contributed by atoms with Gasteiger partial charge in [-0.25, -0.2) is 4.39 Å². The van der Waals surface area contributed by atoms with E-state index >= 15 is 0 Å². The third-order valence-corrected chi connectivity index (χ3v) is 4.74. The molecule has 134 valence electrons. The number of nitriles is 1. The molecule has 1 fully saturated rings. The standard InChI is InChI=1S/C21H21FN2O2/c22-17-7-5-9-19(13-17)26-14-16-6-4-8-18(12-16)24-20(25)21(15-23)10-2-1-3-11-21/h4-9,12-13H,1-3,10-11,14H2,(H,24,25). The molecule has 0 heterocycles. The summed E-state index contributed by atoms with van der Waals surface area (Å²) in [4.78, 5) is 12.6. The Morgan fingerprint density at radius 1 is 1.15 bits per heavy atom. The molecule has 0 spiro atoms. The molecule has 1 aliphatic rings. The number of nitrogens with one attached hydrogen (secondary N) is 1. The van der Waals surface area contributed by atoms with E-state index in [1.165, 1.54) is 12.1 Å². The van der Waals surface area contributed by atoms with Gasteiger partial charge in [-0.05, 0) is 42.7 Å². The molecule has 0 bridgehead atoms. The normalized spacial score (nSPS) is 15.7. The van der Waals surface area contributed by atoms with Crippen molar-refractivity contribution in [3.63, 3.8) is 0 Å². The second-order valence-electron chi connectivity index (χ2n) is 6.66. The van der Waals surface area contributed by atoms with E-state index in [2.05, 4.69) is 11.4 Å². The summed E-state index contributed by atoms with van der Waals surface area (Å²) in [5.41, 5.74) is 0.559. The van der Waals surface area contributed by atoms with Crippen LogP contribution in [0.1, 0.15) is 37.7 Å². The van der Waals surface area contributed by atoms with Crippen molar-refractivity contribution in [2.24, 2.45) is 5.41 Å². The van der Waals surface area contributed by atoms with Gasteiger partial charge in [-0.1, -0.05) is 37.5 Å². The second kappa shape index (κ2) is 8.01. The lowest BCUT2D eigenvalue weighted by Gasteiger charge is -2.29. The lowest BCUT2D eigenvalue weighted by atomic mass is 9.74. The van der Waals surface area contributed by atoms with Crippen LogP contribution < -0.4 is 10.1 Å². The predicted molar refractivity (Wildman–Crippen MR) is 96.9 cm³/mol. The molecule has 0 atom stereocenters. The minimum Gasteiger partial charge on any atom is -0.489 e. The maximum Gasteiger partial charge on any atom is 0.244 e. The highest BCUT2D eigenvalue weighted by atomic mass is 19.1. The highest BCUT2D eigenvalue weighted by Crippen LogP contribution is 2.36. The van der Waals surface area contributed by atoms with Crippen LogP contribution >= 0.6 is 0 Å². The van der Waals surface area contributed by atoms with Gasteiger partial charge in [-0.3, -0.25) is 4.79 Å². The zero-order valence-corrected chi connectivity index (χ0v) is 14.5. The number of carbonyl (C=O) groups excluding carboxylic acids is 1. The predicted octanol–water partition coefficient (Wildman–Crippen LogP) is 4.82. The summed E-state index contributed by atoms with van der Waals surface area (Å²) in [5.74, 6) is -0.134. The van der Waals surface area contributed by atoms with Crippen LogP contribution in [0, 0.1) is 22.6 Å². The van der Waals surface area contributed by atoms with Crippen LogP contribution in [0.4, 0.5) is 10.1 Å². The quantitative estimate of drug-likeness (QED) is 0.839. The number of amides is 1. The summed E-state index contributed by atoms with van der Waals surface area (Å²) in [5, 5.41) is 12.4. The number of nitrogens with zero attached hydrogens (tertiary/aromatic N) is 1. The van der Waals surface area contributed by atoms with Crippen molar-refractivity contribution >= 4 is 11.6 Å². The van der Waals surface area contributed by atoms with Crippen molar-refractivity contribution in [2.45, 2.75) is 38.7 Å². The third kappa shape index (κ3) is 4.20. The summed E-state index contributed by atoms with van der Waals surface area (Å²) in [6.07, 6.45) is 4.10. The van der Waals surface area contributed by atoms with Crippen molar-refractivity contribution in [2.75, 3.05) is 5.32 Å². The van der Waals surface area contributed by atoms with Gasteiger partial charge in [0.05, 0.1) is 6.07 Å². The lowest BCUT2D eigenvalue weighted by Crippen LogP contribution is -2.36. The van der Waals surface area contributed by atoms with Crippen LogP contribution in [0.25, 0.3) is 0 Å². The maximum atomic E-state index is 13.2. The molecule has 1 aliphatic carbocycles. The summed E-state index contributed by atoms with van der Waals surface area (Å²) in [6, 6.07) is 15.5. The van der Waals surface area contributed by atoms with Crippen LogP contribution in [0.2, 0.25) is 0 Å². The Morgan fingerprint density at radius 3 is 2.65 bits per heavy atom. The van der Waals surface area contributed by atoms with Crippen LogP contribution in [-0.2, 0) is 11.4 Å². The molecule has 0 aliphatic heterocycles. The van der Waals surface area contributed by atoms with E-state index in [-0.39, 0.29) is 18.3 Å². The number of benzene rings is 2. The van der Waals surface area contributed by atoms with Crippen LogP contribution in [0.5, 0.6) is 5.75 Å². The Bertz CT molecular complexity index is 823. The van der Waals surface area contributed by atoms with Gasteiger partial charge >= 0.3 is 0 Å². The number of carbonyl (C=O) groups is 1. The third-order valence-electron chi connectivity index (χ3n) is 4.74. The molecule has 2 aromatic rings. The first-order valence-corrected chi connectivity index (χ1v) is 8.81. The van der Waals surface area contributed by atoms with Crippen molar-refractivity contribution in [3.8, 4) is 11.8 Å². The zero-order chi connectivity index (χ0) is 18.4. The molecule has 0 saturated heterocycles. The average molecular weight is 352 g/mol. The fraction of sp³-hybridized carbons (Fsp3) is 0.333. The smallest absolute Gasteiger partial charge is 0.244 e. The molecule has 4 nitrogen and oxygen atoms in total. The van der Waals surface area contributed by atoms with Gasteiger partial charge in [0.25, 0.3) is 0 Å². The minimum absolute atomic E-state index is 0.233. The molecule has 2 aromatic carbocycles. The Morgan fingerprint density at radius 2 is 1.92 bits per heavy atom. The van der Waals surface area contributed by atoms with Crippen molar-refractivity contribution in [1.82, 2.24) is 0 Å². The van der Waals surface area contributed by atoms with Crippen LogP contribution in [0.3, 0.4) is 0 Å². The Balaban J connectivity index is 1.65. The molecule has 5 heteroatoms. The fourth-order valence-electron chi connectivity index (χ4n) is 3.26. The first-order valence-electron chi connectivity index (χ1n) is 8.81. The number of halogens is 1. The molecular weight excluding hydrogens is 331 g/mol. The number of anilines is 1. The first-order chi connectivity index (χ1) is 12.6. The van der Waals surface area contributed by atoms with Gasteiger partial charge in [0.15, 0.2) is 0 Å². The molecular formula is C21H21FN2O2. The summed E-state index contributed by atoms with van der Waals surface area (Å²) >= 11 is 0. The first kappa shape index (κ1) is 17.9. The van der Waals surface area contributed by atoms with Gasteiger partial charge in [-0.2, -0.15) is 5.26 Å². The van der Waals surface area contributed by atoms with Crippen molar-refractivity contribution in [1.29, 1.82) is 5.26 Å². The monoisotopic (exact) mass is 352 g/mol. The van der Waals surface area contributed by atoms with E-state index in [4.69, 9.17) is 4.74 Å². The summed E-state index contributed by atoms with van der Waals surface area (Å²) in [7, 11) is 0. The number of hydrogen-bond acceptors (Lipinski definition) is 3. The van der Waals surface area contributed by atoms with E-state index in [9.17, 15) is 14.4 Å². The molecule has 1 amide bonds. The second-order valence-corrected chi connectivity index (χ2v) is 6.66. The highest BCUT2D eigenvalue weighted by molar-refractivity contribution is 5.97. The topological polar surface area (TPSA) is 62.1 Å². The van der Waals surface area contributed by atoms with Crippen LogP contribution in [-0.4, -0.2) is 5.91 Å². The van der Waals surface area contributed by atoms with Gasteiger partial charge in [0, 0.05) is 11.8 Å².